The number of halogens is 3. The molecule has 1 aliphatic rings. The van der Waals surface area contributed by atoms with Crippen molar-refractivity contribution in [3.05, 3.63) is 78.0 Å². The fourth-order valence-electron chi connectivity index (χ4n) is 4.42. The second-order valence-corrected chi connectivity index (χ2v) is 8.15. The Balaban J connectivity index is 1.48. The molecule has 35 heavy (non-hydrogen) atoms. The molecule has 0 amide bonds. The number of hydrogen-bond donors (Lipinski definition) is 1. The number of nitrogens with one attached hydrogen (secondary N) is 1. The second-order valence-electron chi connectivity index (χ2n) is 8.15. The number of alkyl halides is 3. The lowest BCUT2D eigenvalue weighted by atomic mass is 9.74. The molecule has 0 bridgehead atoms. The molecule has 0 fully saturated rings. The van der Waals surface area contributed by atoms with Crippen molar-refractivity contribution < 1.29 is 22.7 Å². The van der Waals surface area contributed by atoms with Gasteiger partial charge in [-0.3, -0.25) is 10.1 Å². The smallest absolute Gasteiger partial charge is 0.435 e. The maximum absolute atomic E-state index is 13.3. The highest BCUT2D eigenvalue weighted by molar-refractivity contribution is 5.76. The first kappa shape index (κ1) is 22.5. The average molecular weight is 480 g/mol. The number of carbonyl (C=O) groups is 1. The molecule has 1 N–H and O–H groups in total. The van der Waals surface area contributed by atoms with E-state index >= 15 is 0 Å². The third kappa shape index (κ3) is 3.98. The number of aromatic amines is 1. The molecule has 0 saturated heterocycles. The molecule has 1 aliphatic carbocycles. The van der Waals surface area contributed by atoms with Crippen LogP contribution in [0.25, 0.3) is 22.6 Å². The van der Waals surface area contributed by atoms with E-state index in [0.717, 1.165) is 17.4 Å². The molecule has 4 aromatic rings. The minimum absolute atomic E-state index is 0.198. The average Bonchev–Trinajstić information content (AvgIpc) is 3.54. The van der Waals surface area contributed by atoms with Crippen LogP contribution in [0.2, 0.25) is 0 Å². The lowest BCUT2D eigenvalue weighted by molar-refractivity contribution is -0.140. The quantitative estimate of drug-likeness (QED) is 0.331. The van der Waals surface area contributed by atoms with E-state index in [2.05, 4.69) is 20.3 Å². The van der Waals surface area contributed by atoms with Gasteiger partial charge in [-0.1, -0.05) is 29.5 Å². The fraction of sp³-hybridized carbons (Fsp3) is 0.208. The molecular formula is C24H19F3N6O2. The molecule has 3 aromatic heterocycles. The van der Waals surface area contributed by atoms with Crippen LogP contribution in [0, 0.1) is 0 Å². The number of benzene rings is 1. The van der Waals surface area contributed by atoms with Crippen molar-refractivity contribution in [1.29, 1.82) is 0 Å². The van der Waals surface area contributed by atoms with E-state index in [1.165, 1.54) is 18.3 Å². The third-order valence-electron chi connectivity index (χ3n) is 5.97. The monoisotopic (exact) mass is 480 g/mol. The Morgan fingerprint density at radius 1 is 1.23 bits per heavy atom. The largest absolute Gasteiger partial charge is 0.496 e. The van der Waals surface area contributed by atoms with E-state index in [1.54, 1.807) is 24.2 Å². The van der Waals surface area contributed by atoms with Crippen LogP contribution in [0.15, 0.2) is 61.2 Å². The second kappa shape index (κ2) is 8.49. The number of aromatic nitrogens is 6. The summed E-state index contributed by atoms with van der Waals surface area (Å²) in [4.78, 5) is 21.0. The van der Waals surface area contributed by atoms with Crippen LogP contribution < -0.4 is 4.74 Å². The number of H-pyrrole nitrogens is 1. The fourth-order valence-corrected chi connectivity index (χ4v) is 4.42. The van der Waals surface area contributed by atoms with Gasteiger partial charge in [0.05, 0.1) is 24.5 Å². The van der Waals surface area contributed by atoms with Crippen molar-refractivity contribution in [2.24, 2.45) is 0 Å². The van der Waals surface area contributed by atoms with Crippen LogP contribution in [0.4, 0.5) is 13.2 Å². The summed E-state index contributed by atoms with van der Waals surface area (Å²) < 4.78 is 47.1. The van der Waals surface area contributed by atoms with E-state index < -0.39 is 17.3 Å². The minimum Gasteiger partial charge on any atom is -0.496 e. The summed E-state index contributed by atoms with van der Waals surface area (Å²) in [6, 6.07) is 8.57. The maximum Gasteiger partial charge on any atom is 0.435 e. The van der Waals surface area contributed by atoms with Gasteiger partial charge in [-0.2, -0.15) is 13.2 Å². The minimum atomic E-state index is -4.63. The third-order valence-corrected chi connectivity index (χ3v) is 5.97. The number of methoxy groups -OCH3 is 1. The first-order valence-corrected chi connectivity index (χ1v) is 10.6. The zero-order valence-corrected chi connectivity index (χ0v) is 18.5. The van der Waals surface area contributed by atoms with Gasteiger partial charge in [0.15, 0.2) is 5.69 Å². The summed E-state index contributed by atoms with van der Waals surface area (Å²) in [5.41, 5.74) is 0.475. The van der Waals surface area contributed by atoms with Crippen LogP contribution in [0.3, 0.4) is 0 Å². The molecule has 0 aliphatic heterocycles. The Hall–Kier alpha value is -4.28. The standard InChI is InChI=1S/C24H19F3N6O2/c1-35-19-6-2-4-15-5-3-8-23(13-34,20(15)19)12-33-11-18(29-14-33)17-10-16(7-9-28-17)21-22(24(25,26)27)31-32-30-21/h2-4,6-11,13-14H,5,12H2,1H3,(H,30,31,32). The molecule has 1 unspecified atom stereocenters. The molecule has 1 aromatic carbocycles. The number of carbonyl (C=O) groups excluding carboxylic acids is 1. The summed E-state index contributed by atoms with van der Waals surface area (Å²) in [5.74, 6) is 0.627. The van der Waals surface area contributed by atoms with E-state index in [9.17, 15) is 18.0 Å². The van der Waals surface area contributed by atoms with Gasteiger partial charge < -0.3 is 14.1 Å². The predicted molar refractivity (Wildman–Crippen MR) is 119 cm³/mol. The predicted octanol–water partition coefficient (Wildman–Crippen LogP) is 4.01. The van der Waals surface area contributed by atoms with Crippen LogP contribution in [0.5, 0.6) is 5.75 Å². The summed E-state index contributed by atoms with van der Waals surface area (Å²) in [7, 11) is 1.57. The van der Waals surface area contributed by atoms with Crippen LogP contribution in [0.1, 0.15) is 16.8 Å². The molecule has 5 rings (SSSR count). The van der Waals surface area contributed by atoms with Crippen molar-refractivity contribution in [1.82, 2.24) is 29.9 Å². The molecule has 178 valence electrons. The van der Waals surface area contributed by atoms with Crippen LogP contribution >= 0.6 is 0 Å². The normalized spacial score (nSPS) is 17.3. The highest BCUT2D eigenvalue weighted by atomic mass is 19.4. The highest BCUT2D eigenvalue weighted by Crippen LogP contribution is 2.40. The number of allylic oxidation sites excluding steroid dienone is 2. The Morgan fingerprint density at radius 3 is 2.86 bits per heavy atom. The Morgan fingerprint density at radius 2 is 2.09 bits per heavy atom. The number of aldehydes is 1. The van der Waals surface area contributed by atoms with E-state index in [0.29, 0.717) is 23.6 Å². The Kier molecular flexibility index (Phi) is 5.46. The van der Waals surface area contributed by atoms with Gasteiger partial charge in [-0.15, -0.1) is 5.10 Å². The van der Waals surface area contributed by atoms with Gasteiger partial charge in [0.25, 0.3) is 0 Å². The van der Waals surface area contributed by atoms with Gasteiger partial charge in [0, 0.05) is 30.1 Å². The highest BCUT2D eigenvalue weighted by Gasteiger charge is 2.38. The van der Waals surface area contributed by atoms with Crippen molar-refractivity contribution in [3.63, 3.8) is 0 Å². The topological polar surface area (TPSA) is 98.6 Å². The van der Waals surface area contributed by atoms with Gasteiger partial charge in [0.1, 0.15) is 23.4 Å². The zero-order chi connectivity index (χ0) is 24.6. The lowest BCUT2D eigenvalue weighted by Crippen LogP contribution is -2.34. The summed E-state index contributed by atoms with van der Waals surface area (Å²) in [5, 5.41) is 8.80. The molecule has 3 heterocycles. The number of imidazole rings is 1. The molecule has 11 heteroatoms. The van der Waals surface area contributed by atoms with Crippen molar-refractivity contribution >= 4 is 6.29 Å². The van der Waals surface area contributed by atoms with Crippen LogP contribution in [-0.2, 0) is 29.4 Å². The zero-order valence-electron chi connectivity index (χ0n) is 18.5. The molecule has 0 spiro atoms. The number of fused-ring (bicyclic) bond motifs is 1. The summed E-state index contributed by atoms with van der Waals surface area (Å²) >= 11 is 0. The van der Waals surface area contributed by atoms with E-state index in [1.807, 2.05) is 35.4 Å². The number of rotatable bonds is 6. The van der Waals surface area contributed by atoms with Crippen molar-refractivity contribution in [3.8, 4) is 28.4 Å². The number of ether oxygens (including phenoxy) is 1. The lowest BCUT2D eigenvalue weighted by Gasteiger charge is -2.32. The Labute approximate surface area is 197 Å². The van der Waals surface area contributed by atoms with Gasteiger partial charge in [-0.05, 0) is 30.2 Å². The molecule has 1 atom stereocenters. The van der Waals surface area contributed by atoms with E-state index in [-0.39, 0.29) is 17.8 Å². The summed E-state index contributed by atoms with van der Waals surface area (Å²) in [6.07, 6.45) is 5.42. The molecule has 0 saturated carbocycles. The van der Waals surface area contributed by atoms with Gasteiger partial charge in [-0.25, -0.2) is 4.98 Å². The SMILES string of the molecule is COc1cccc2c1C(C=O)(Cn1cnc(-c3cc(-c4nn[nH]c4C(F)(F)F)ccn3)c1)C=CC2. The van der Waals surface area contributed by atoms with Crippen molar-refractivity contribution in [2.45, 2.75) is 24.6 Å². The van der Waals surface area contributed by atoms with Gasteiger partial charge >= 0.3 is 6.18 Å². The Bertz CT molecular complexity index is 1420. The number of nitrogens with zero attached hydrogens (tertiary/aromatic N) is 5. The van der Waals surface area contributed by atoms with Crippen molar-refractivity contribution in [2.75, 3.05) is 7.11 Å². The maximum atomic E-state index is 13.3. The summed E-state index contributed by atoms with van der Waals surface area (Å²) in [6.45, 7) is 0.259. The van der Waals surface area contributed by atoms with Crippen LogP contribution in [-0.4, -0.2) is 43.3 Å². The first-order valence-electron chi connectivity index (χ1n) is 10.6. The molecule has 8 nitrogen and oxygen atoms in total. The first-order chi connectivity index (χ1) is 16.8. The number of hydrogen-bond acceptors (Lipinski definition) is 6. The van der Waals surface area contributed by atoms with E-state index in [4.69, 9.17) is 4.74 Å². The molecular weight excluding hydrogens is 461 g/mol. The molecule has 0 radical (unpaired) electrons. The number of pyridine rings is 1. The van der Waals surface area contributed by atoms with Gasteiger partial charge in [0.2, 0.25) is 0 Å².